The highest BCUT2D eigenvalue weighted by Gasteiger charge is 2.26. The Morgan fingerprint density at radius 2 is 1.77 bits per heavy atom. The molecule has 1 aromatic heterocycles. The number of alkyl halides is 1. The van der Waals surface area contributed by atoms with Crippen molar-refractivity contribution in [1.82, 2.24) is 9.88 Å². The average molecular weight is 431 g/mol. The largest absolute Gasteiger partial charge is 0.481 e. The van der Waals surface area contributed by atoms with Gasteiger partial charge in [-0.1, -0.05) is 30.3 Å². The van der Waals surface area contributed by atoms with Gasteiger partial charge in [-0.15, -0.1) is 0 Å². The normalized spacial score (nSPS) is 12.5. The molecule has 1 aromatic carbocycles. The van der Waals surface area contributed by atoms with E-state index in [2.05, 4.69) is 10.6 Å². The van der Waals surface area contributed by atoms with Crippen molar-refractivity contribution in [3.8, 4) is 0 Å². The highest BCUT2D eigenvalue weighted by Crippen LogP contribution is 2.09. The van der Waals surface area contributed by atoms with Gasteiger partial charge in [-0.3, -0.25) is 24.0 Å². The van der Waals surface area contributed by atoms with Crippen molar-refractivity contribution >= 4 is 29.3 Å². The Labute approximate surface area is 176 Å². The summed E-state index contributed by atoms with van der Waals surface area (Å²) >= 11 is 0. The van der Waals surface area contributed by atoms with Gasteiger partial charge in [0.1, 0.15) is 24.4 Å². The molecule has 2 aromatic rings. The zero-order chi connectivity index (χ0) is 23.0. The van der Waals surface area contributed by atoms with E-state index in [1.165, 1.54) is 25.3 Å². The highest BCUT2D eigenvalue weighted by atomic mass is 19.1. The summed E-state index contributed by atoms with van der Waals surface area (Å²) in [6.07, 6.45) is 0.571. The maximum absolute atomic E-state index is 12.7. The predicted molar refractivity (Wildman–Crippen MR) is 109 cm³/mol. The smallest absolute Gasteiger partial charge is 0.305 e. The van der Waals surface area contributed by atoms with Crippen molar-refractivity contribution in [2.24, 2.45) is 0 Å². The first-order valence-electron chi connectivity index (χ1n) is 9.38. The Morgan fingerprint density at radius 3 is 2.39 bits per heavy atom. The number of carboxylic acid groups (broad SMARTS) is 1. The van der Waals surface area contributed by atoms with Gasteiger partial charge in [0.2, 0.25) is 11.8 Å². The van der Waals surface area contributed by atoms with E-state index in [0.717, 1.165) is 10.1 Å². The first kappa shape index (κ1) is 23.5. The molecule has 0 saturated heterocycles. The van der Waals surface area contributed by atoms with E-state index in [0.29, 0.717) is 0 Å². The second-order valence-electron chi connectivity index (χ2n) is 6.78. The summed E-state index contributed by atoms with van der Waals surface area (Å²) in [5, 5.41) is 13.5. The molecule has 0 aliphatic rings. The lowest BCUT2D eigenvalue weighted by Gasteiger charge is -2.20. The van der Waals surface area contributed by atoms with E-state index in [1.807, 2.05) is 6.07 Å². The number of Topliss-reactive ketones (excluding diaryl/α,β-unsaturated/α-hetero) is 1. The molecule has 10 heteroatoms. The molecule has 0 saturated carbocycles. The maximum atomic E-state index is 12.7. The van der Waals surface area contributed by atoms with Crippen LogP contribution in [0.15, 0.2) is 53.5 Å². The third kappa shape index (κ3) is 6.59. The van der Waals surface area contributed by atoms with E-state index in [9.17, 15) is 28.4 Å². The van der Waals surface area contributed by atoms with Crippen LogP contribution in [0, 0.1) is 0 Å². The molecular weight excluding hydrogens is 409 g/mol. The van der Waals surface area contributed by atoms with Crippen molar-refractivity contribution in [1.29, 1.82) is 0 Å². The summed E-state index contributed by atoms with van der Waals surface area (Å²) in [5.41, 5.74) is 0.0363. The Morgan fingerprint density at radius 1 is 1.10 bits per heavy atom. The number of halogens is 1. The van der Waals surface area contributed by atoms with Gasteiger partial charge in [0.15, 0.2) is 5.78 Å². The third-order valence-corrected chi connectivity index (χ3v) is 4.47. The fraction of sp³-hybridized carbons (Fsp3) is 0.286. The van der Waals surface area contributed by atoms with E-state index in [-0.39, 0.29) is 12.1 Å². The Kier molecular flexibility index (Phi) is 8.18. The number of aromatic nitrogens is 1. The number of aliphatic carboxylic acids is 1. The summed E-state index contributed by atoms with van der Waals surface area (Å²) in [7, 11) is 0. The topological polar surface area (TPSA) is 135 Å². The molecule has 0 radical (unpaired) electrons. The summed E-state index contributed by atoms with van der Waals surface area (Å²) in [5.74, 6) is -3.74. The Bertz CT molecular complexity index is 1020. The number of hydrogen-bond donors (Lipinski definition) is 3. The average Bonchev–Trinajstić information content (AvgIpc) is 2.74. The number of anilines is 1. The molecule has 2 amide bonds. The third-order valence-electron chi connectivity index (χ3n) is 4.47. The second-order valence-corrected chi connectivity index (χ2v) is 6.78. The van der Waals surface area contributed by atoms with Gasteiger partial charge in [-0.25, -0.2) is 4.39 Å². The molecule has 0 bridgehead atoms. The summed E-state index contributed by atoms with van der Waals surface area (Å²) < 4.78 is 13.7. The minimum Gasteiger partial charge on any atom is -0.481 e. The number of amides is 2. The van der Waals surface area contributed by atoms with Crippen LogP contribution >= 0.6 is 0 Å². The number of carbonyl (C=O) groups is 4. The van der Waals surface area contributed by atoms with E-state index >= 15 is 0 Å². The number of pyridine rings is 1. The summed E-state index contributed by atoms with van der Waals surface area (Å²) in [4.78, 5) is 59.8. The van der Waals surface area contributed by atoms with Crippen LogP contribution in [-0.4, -0.2) is 46.0 Å². The molecule has 0 aliphatic heterocycles. The number of nitrogens with one attached hydrogen (secondary N) is 2. The predicted octanol–water partition coefficient (Wildman–Crippen LogP) is 1.09. The van der Waals surface area contributed by atoms with Crippen LogP contribution in [0.4, 0.5) is 10.1 Å². The van der Waals surface area contributed by atoms with Gasteiger partial charge in [0.05, 0.1) is 12.8 Å². The fourth-order valence-corrected chi connectivity index (χ4v) is 2.82. The van der Waals surface area contributed by atoms with Crippen LogP contribution in [0.1, 0.15) is 24.9 Å². The van der Waals surface area contributed by atoms with Gasteiger partial charge >= 0.3 is 5.97 Å². The van der Waals surface area contributed by atoms with Crippen LogP contribution in [-0.2, 0) is 25.6 Å². The number of nitrogens with zero attached hydrogens (tertiary/aromatic N) is 1. The Hall–Kier alpha value is -3.82. The number of rotatable bonds is 10. The van der Waals surface area contributed by atoms with Crippen molar-refractivity contribution in [2.45, 2.75) is 31.8 Å². The van der Waals surface area contributed by atoms with Gasteiger partial charge in [0, 0.05) is 6.20 Å². The molecule has 3 N–H and O–H groups in total. The van der Waals surface area contributed by atoms with E-state index in [1.54, 1.807) is 24.3 Å². The van der Waals surface area contributed by atoms with Crippen molar-refractivity contribution < 1.29 is 28.7 Å². The molecule has 1 heterocycles. The van der Waals surface area contributed by atoms with Crippen LogP contribution < -0.4 is 16.2 Å². The molecule has 31 heavy (non-hydrogen) atoms. The van der Waals surface area contributed by atoms with Crippen molar-refractivity contribution in [3.05, 3.63) is 64.6 Å². The number of benzene rings is 1. The zero-order valence-corrected chi connectivity index (χ0v) is 16.7. The minimum absolute atomic E-state index is 0.0490. The lowest BCUT2D eigenvalue weighted by molar-refractivity contribution is -0.140. The maximum Gasteiger partial charge on any atom is 0.305 e. The standard InChI is InChI=1S/C21H22FN3O6/c1-13(20(30)24-16(11-19(28)29)17(26)12-22)25-9-5-8-15(21(25)31)23-18(27)10-14-6-3-2-4-7-14/h2-9,13,16H,10-12H2,1H3,(H,23,27)(H,24,30)(H,28,29). The first-order valence-corrected chi connectivity index (χ1v) is 9.38. The molecule has 164 valence electrons. The lowest BCUT2D eigenvalue weighted by atomic mass is 10.1. The molecule has 0 fully saturated rings. The van der Waals surface area contributed by atoms with E-state index in [4.69, 9.17) is 5.11 Å². The SMILES string of the molecule is CC(C(=O)NC(CC(=O)O)C(=O)CF)n1cccc(NC(=O)Cc2ccccc2)c1=O. The molecule has 9 nitrogen and oxygen atoms in total. The monoisotopic (exact) mass is 431 g/mol. The number of ketones is 1. The van der Waals surface area contributed by atoms with Crippen molar-refractivity contribution in [2.75, 3.05) is 12.0 Å². The molecule has 2 atom stereocenters. The number of carbonyl (C=O) groups excluding carboxylic acids is 3. The Balaban J connectivity index is 2.14. The molecular formula is C21H22FN3O6. The molecule has 0 aliphatic carbocycles. The highest BCUT2D eigenvalue weighted by molar-refractivity contribution is 5.94. The van der Waals surface area contributed by atoms with Crippen LogP contribution in [0.2, 0.25) is 0 Å². The first-order chi connectivity index (χ1) is 14.7. The van der Waals surface area contributed by atoms with Gasteiger partial charge < -0.3 is 20.3 Å². The quantitative estimate of drug-likeness (QED) is 0.515. The van der Waals surface area contributed by atoms with Gasteiger partial charge in [0.25, 0.3) is 5.56 Å². The number of carboxylic acids is 1. The lowest BCUT2D eigenvalue weighted by Crippen LogP contribution is -2.46. The van der Waals surface area contributed by atoms with Crippen LogP contribution in [0.25, 0.3) is 0 Å². The van der Waals surface area contributed by atoms with Gasteiger partial charge in [-0.2, -0.15) is 0 Å². The van der Waals surface area contributed by atoms with Crippen LogP contribution in [0.5, 0.6) is 0 Å². The second kappa shape index (κ2) is 10.8. The summed E-state index contributed by atoms with van der Waals surface area (Å²) in [6, 6.07) is 9.03. The van der Waals surface area contributed by atoms with Crippen molar-refractivity contribution in [3.63, 3.8) is 0 Å². The molecule has 2 rings (SSSR count). The zero-order valence-electron chi connectivity index (χ0n) is 16.7. The molecule has 2 unspecified atom stereocenters. The fourth-order valence-electron chi connectivity index (χ4n) is 2.82. The van der Waals surface area contributed by atoms with Gasteiger partial charge in [-0.05, 0) is 24.6 Å². The minimum atomic E-state index is -1.55. The van der Waals surface area contributed by atoms with E-state index < -0.39 is 54.3 Å². The summed E-state index contributed by atoms with van der Waals surface area (Å²) in [6.45, 7) is -0.0838. The molecule has 0 spiro atoms. The number of hydrogen-bond acceptors (Lipinski definition) is 5. The van der Waals surface area contributed by atoms with Crippen LogP contribution in [0.3, 0.4) is 0 Å².